The summed E-state index contributed by atoms with van der Waals surface area (Å²) in [5, 5.41) is 3.11. The third-order valence-electron chi connectivity index (χ3n) is 4.18. The first-order valence-electron chi connectivity index (χ1n) is 7.32. The summed E-state index contributed by atoms with van der Waals surface area (Å²) < 4.78 is 6.11. The Morgan fingerprint density at radius 3 is 2.68 bits per heavy atom. The molecule has 0 aromatic heterocycles. The number of nitrogens with two attached hydrogens (primary N) is 1. The maximum absolute atomic E-state index is 12.1. The maximum atomic E-state index is 12.1. The molecule has 0 bridgehead atoms. The molecule has 1 unspecified atom stereocenters. The molecule has 1 atom stereocenters. The fraction of sp³-hybridized carbons (Fsp3) is 0.562. The fourth-order valence-corrected chi connectivity index (χ4v) is 3.13. The highest BCUT2D eigenvalue weighted by Crippen LogP contribution is 2.39. The van der Waals surface area contributed by atoms with Crippen molar-refractivity contribution in [1.29, 1.82) is 0 Å². The molecule has 0 saturated heterocycles. The number of halogens is 2. The summed E-state index contributed by atoms with van der Waals surface area (Å²) in [5.41, 5.74) is 6.69. The third-order valence-corrected chi connectivity index (χ3v) is 4.80. The van der Waals surface area contributed by atoms with Gasteiger partial charge in [0, 0.05) is 13.0 Å². The first kappa shape index (κ1) is 19.3. The van der Waals surface area contributed by atoms with Crippen molar-refractivity contribution in [3.8, 4) is 5.75 Å². The van der Waals surface area contributed by atoms with Crippen molar-refractivity contribution < 1.29 is 9.53 Å². The van der Waals surface area contributed by atoms with Crippen molar-refractivity contribution in [2.75, 3.05) is 13.7 Å². The largest absolute Gasteiger partial charge is 0.496 e. The van der Waals surface area contributed by atoms with E-state index in [4.69, 9.17) is 10.5 Å². The van der Waals surface area contributed by atoms with Gasteiger partial charge >= 0.3 is 0 Å². The number of hydrogen-bond acceptors (Lipinski definition) is 3. The number of ether oxygens (including phenoxy) is 1. The number of rotatable bonds is 7. The van der Waals surface area contributed by atoms with E-state index in [1.807, 2.05) is 25.1 Å². The minimum absolute atomic E-state index is 0. The molecule has 1 aliphatic carbocycles. The highest BCUT2D eigenvalue weighted by atomic mass is 79.9. The van der Waals surface area contributed by atoms with Gasteiger partial charge < -0.3 is 15.8 Å². The highest BCUT2D eigenvalue weighted by Gasteiger charge is 2.41. The molecule has 1 aromatic rings. The molecule has 1 fully saturated rings. The van der Waals surface area contributed by atoms with Crippen molar-refractivity contribution in [3.05, 3.63) is 28.2 Å². The lowest BCUT2D eigenvalue weighted by Gasteiger charge is -2.29. The minimum Gasteiger partial charge on any atom is -0.496 e. The normalized spacial score (nSPS) is 16.4. The van der Waals surface area contributed by atoms with Gasteiger partial charge in [-0.05, 0) is 65.7 Å². The lowest BCUT2D eigenvalue weighted by Crippen LogP contribution is -2.53. The Hall–Kier alpha value is -0.780. The quantitative estimate of drug-likeness (QED) is 0.751. The van der Waals surface area contributed by atoms with E-state index in [2.05, 4.69) is 21.2 Å². The van der Waals surface area contributed by atoms with Crippen LogP contribution in [0.5, 0.6) is 5.75 Å². The van der Waals surface area contributed by atoms with Gasteiger partial charge in [0.1, 0.15) is 5.75 Å². The Balaban J connectivity index is 0.00000242. The monoisotopic (exact) mass is 390 g/mol. The average molecular weight is 392 g/mol. The molecule has 4 nitrogen and oxygen atoms in total. The Bertz CT molecular complexity index is 523. The van der Waals surface area contributed by atoms with Crippen LogP contribution >= 0.6 is 28.3 Å². The number of nitrogens with one attached hydrogen (secondary N) is 1. The Kier molecular flexibility index (Phi) is 7.16. The summed E-state index contributed by atoms with van der Waals surface area (Å²) in [6.45, 7) is 2.55. The zero-order valence-corrected chi connectivity index (χ0v) is 15.4. The van der Waals surface area contributed by atoms with E-state index >= 15 is 0 Å². The second-order valence-electron chi connectivity index (χ2n) is 5.91. The molecule has 6 heteroatoms. The second-order valence-corrected chi connectivity index (χ2v) is 6.77. The van der Waals surface area contributed by atoms with Crippen molar-refractivity contribution in [1.82, 2.24) is 5.32 Å². The molecule has 0 radical (unpaired) electrons. The summed E-state index contributed by atoms with van der Waals surface area (Å²) >= 11 is 3.46. The van der Waals surface area contributed by atoms with E-state index in [9.17, 15) is 4.79 Å². The van der Waals surface area contributed by atoms with Crippen LogP contribution in [0.2, 0.25) is 0 Å². The van der Waals surface area contributed by atoms with Crippen molar-refractivity contribution in [2.24, 2.45) is 11.7 Å². The van der Waals surface area contributed by atoms with E-state index in [1.165, 1.54) is 12.8 Å². The van der Waals surface area contributed by atoms with Crippen molar-refractivity contribution in [2.45, 2.75) is 38.1 Å². The molecule has 0 aliphatic heterocycles. The van der Waals surface area contributed by atoms with Crippen LogP contribution in [0.15, 0.2) is 22.7 Å². The van der Waals surface area contributed by atoms with Gasteiger partial charge in [0.2, 0.25) is 5.91 Å². The minimum atomic E-state index is -0.239. The zero-order chi connectivity index (χ0) is 15.5. The molecular weight excluding hydrogens is 368 g/mol. The molecule has 1 aliphatic rings. The van der Waals surface area contributed by atoms with Gasteiger partial charge in [-0.1, -0.05) is 6.07 Å². The second kappa shape index (κ2) is 8.18. The van der Waals surface area contributed by atoms with Gasteiger partial charge in [0.25, 0.3) is 0 Å². The summed E-state index contributed by atoms with van der Waals surface area (Å²) in [4.78, 5) is 12.1. The van der Waals surface area contributed by atoms with E-state index in [1.54, 1.807) is 7.11 Å². The van der Waals surface area contributed by atoms with Crippen LogP contribution in [0, 0.1) is 5.92 Å². The van der Waals surface area contributed by atoms with Crippen LogP contribution in [0.25, 0.3) is 0 Å². The summed E-state index contributed by atoms with van der Waals surface area (Å²) in [5.74, 6) is 1.41. The predicted molar refractivity (Wildman–Crippen MR) is 94.6 cm³/mol. The van der Waals surface area contributed by atoms with Crippen LogP contribution in [0.4, 0.5) is 0 Å². The number of methoxy groups -OCH3 is 1. The average Bonchev–Trinajstić information content (AvgIpc) is 3.30. The highest BCUT2D eigenvalue weighted by molar-refractivity contribution is 9.10. The van der Waals surface area contributed by atoms with Gasteiger partial charge in [0.15, 0.2) is 0 Å². The molecule has 1 aromatic carbocycles. The molecule has 0 spiro atoms. The summed E-state index contributed by atoms with van der Waals surface area (Å²) in [6, 6.07) is 5.89. The van der Waals surface area contributed by atoms with Gasteiger partial charge in [-0.3, -0.25) is 4.79 Å². The Morgan fingerprint density at radius 2 is 2.18 bits per heavy atom. The number of amides is 1. The maximum Gasteiger partial charge on any atom is 0.220 e. The summed E-state index contributed by atoms with van der Waals surface area (Å²) in [6.07, 6.45) is 3.51. The molecule has 1 amide bonds. The summed E-state index contributed by atoms with van der Waals surface area (Å²) in [7, 11) is 1.64. The van der Waals surface area contributed by atoms with E-state index < -0.39 is 0 Å². The van der Waals surface area contributed by atoms with Crippen molar-refractivity contribution >= 4 is 34.2 Å². The van der Waals surface area contributed by atoms with Crippen LogP contribution in [0.3, 0.4) is 0 Å². The number of benzene rings is 1. The lowest BCUT2D eigenvalue weighted by molar-refractivity contribution is -0.123. The van der Waals surface area contributed by atoms with Crippen LogP contribution in [0.1, 0.15) is 31.7 Å². The third kappa shape index (κ3) is 4.86. The number of aryl methyl sites for hydroxylation is 1. The van der Waals surface area contributed by atoms with Crippen LogP contribution < -0.4 is 15.8 Å². The molecule has 3 N–H and O–H groups in total. The Labute approximate surface area is 146 Å². The van der Waals surface area contributed by atoms with Crippen LogP contribution in [-0.4, -0.2) is 25.1 Å². The SMILES string of the molecule is COc1ccc(CCC(=O)NC(C)(CN)C2CC2)cc1Br.Cl. The molecule has 0 heterocycles. The number of carbonyl (C=O) groups is 1. The van der Waals surface area contributed by atoms with Gasteiger partial charge in [-0.25, -0.2) is 0 Å². The smallest absolute Gasteiger partial charge is 0.220 e. The van der Waals surface area contributed by atoms with Gasteiger partial charge in [0.05, 0.1) is 17.1 Å². The topological polar surface area (TPSA) is 64.3 Å². The first-order valence-corrected chi connectivity index (χ1v) is 8.11. The van der Waals surface area contributed by atoms with E-state index in [-0.39, 0.29) is 23.9 Å². The lowest BCUT2D eigenvalue weighted by atomic mass is 9.95. The molecular formula is C16H24BrClN2O2. The molecule has 22 heavy (non-hydrogen) atoms. The van der Waals surface area contributed by atoms with Crippen molar-refractivity contribution in [3.63, 3.8) is 0 Å². The molecule has 124 valence electrons. The van der Waals surface area contributed by atoms with Crippen LogP contribution in [-0.2, 0) is 11.2 Å². The van der Waals surface area contributed by atoms with E-state index in [0.717, 1.165) is 15.8 Å². The Morgan fingerprint density at radius 1 is 1.50 bits per heavy atom. The number of hydrogen-bond donors (Lipinski definition) is 2. The standard InChI is InChI=1S/C16H23BrN2O2.ClH/c1-16(10-18,12-5-6-12)19-15(20)8-4-11-3-7-14(21-2)13(17)9-11;/h3,7,9,12H,4-6,8,10,18H2,1-2H3,(H,19,20);1H. The van der Waals surface area contributed by atoms with Gasteiger partial charge in [-0.2, -0.15) is 0 Å². The zero-order valence-electron chi connectivity index (χ0n) is 13.0. The number of carbonyl (C=O) groups excluding carboxylic acids is 1. The predicted octanol–water partition coefficient (Wildman–Crippen LogP) is 3.06. The van der Waals surface area contributed by atoms with E-state index in [0.29, 0.717) is 25.3 Å². The first-order chi connectivity index (χ1) is 9.98. The fourth-order valence-electron chi connectivity index (χ4n) is 2.54. The molecule has 2 rings (SSSR count). The van der Waals surface area contributed by atoms with Gasteiger partial charge in [-0.15, -0.1) is 12.4 Å². The molecule has 1 saturated carbocycles.